The van der Waals surface area contributed by atoms with E-state index in [4.69, 9.17) is 11.6 Å². The maximum atomic E-state index is 6.41. The predicted molar refractivity (Wildman–Crippen MR) is 83.2 cm³/mol. The Balaban J connectivity index is 1.99. The van der Waals surface area contributed by atoms with Crippen LogP contribution in [0.1, 0.15) is 18.9 Å². The molecule has 0 amide bonds. The number of nitrogens with zero attached hydrogens (tertiary/aromatic N) is 2. The van der Waals surface area contributed by atoms with Gasteiger partial charge in [-0.15, -0.1) is 0 Å². The first kappa shape index (κ1) is 14.6. The van der Waals surface area contributed by atoms with Gasteiger partial charge in [-0.25, -0.2) is 0 Å². The van der Waals surface area contributed by atoms with Gasteiger partial charge < -0.3 is 10.2 Å². The summed E-state index contributed by atoms with van der Waals surface area (Å²) in [6.07, 6.45) is 1.24. The molecule has 1 fully saturated rings. The molecule has 0 saturated carbocycles. The summed E-state index contributed by atoms with van der Waals surface area (Å²) in [5.74, 6) is 0. The zero-order valence-electron chi connectivity index (χ0n) is 12.0. The largest absolute Gasteiger partial charge is 0.368 e. The van der Waals surface area contributed by atoms with Gasteiger partial charge in [-0.2, -0.15) is 0 Å². The molecule has 1 heterocycles. The van der Waals surface area contributed by atoms with Crippen molar-refractivity contribution < 1.29 is 0 Å². The summed E-state index contributed by atoms with van der Waals surface area (Å²) in [5.41, 5.74) is 2.42. The third-order valence-corrected chi connectivity index (χ3v) is 3.95. The summed E-state index contributed by atoms with van der Waals surface area (Å²) >= 11 is 6.41. The Morgan fingerprint density at radius 2 is 1.95 bits per heavy atom. The van der Waals surface area contributed by atoms with Gasteiger partial charge in [0.15, 0.2) is 0 Å². The molecule has 0 aliphatic carbocycles. The second-order valence-electron chi connectivity index (χ2n) is 5.14. The number of nitrogens with one attached hydrogen (secondary N) is 1. The second-order valence-corrected chi connectivity index (χ2v) is 5.55. The van der Waals surface area contributed by atoms with Crippen molar-refractivity contribution in [1.29, 1.82) is 0 Å². The monoisotopic (exact) mass is 281 g/mol. The Kier molecular flexibility index (Phi) is 5.49. The molecule has 1 saturated heterocycles. The van der Waals surface area contributed by atoms with Crippen molar-refractivity contribution in [3.63, 3.8) is 0 Å². The topological polar surface area (TPSA) is 18.5 Å². The van der Waals surface area contributed by atoms with Crippen LogP contribution in [0.4, 0.5) is 5.69 Å². The molecular weight excluding hydrogens is 258 g/mol. The van der Waals surface area contributed by atoms with E-state index < -0.39 is 0 Å². The second kappa shape index (κ2) is 7.13. The highest BCUT2D eigenvalue weighted by Gasteiger charge is 2.18. The number of rotatable bonds is 5. The maximum Gasteiger partial charge on any atom is 0.0642 e. The first-order valence-corrected chi connectivity index (χ1v) is 7.52. The molecule has 3 nitrogen and oxygen atoms in total. The standard InChI is InChI=1S/C15H24ClN3/c1-3-6-18-7-9-19(10-8-18)15-5-4-13(12-17-2)11-14(15)16/h4-5,11,17H,3,6-10,12H2,1-2H3. The van der Waals surface area contributed by atoms with Crippen molar-refractivity contribution in [1.82, 2.24) is 10.2 Å². The number of hydrogen-bond acceptors (Lipinski definition) is 3. The molecule has 1 aliphatic rings. The highest BCUT2D eigenvalue weighted by Crippen LogP contribution is 2.27. The van der Waals surface area contributed by atoms with E-state index in [1.54, 1.807) is 0 Å². The fourth-order valence-corrected chi connectivity index (χ4v) is 2.97. The molecule has 0 radical (unpaired) electrons. The van der Waals surface area contributed by atoms with Gasteiger partial charge in [-0.3, -0.25) is 4.90 Å². The highest BCUT2D eigenvalue weighted by atomic mass is 35.5. The summed E-state index contributed by atoms with van der Waals surface area (Å²) < 4.78 is 0. The van der Waals surface area contributed by atoms with Gasteiger partial charge in [0.1, 0.15) is 0 Å². The van der Waals surface area contributed by atoms with Crippen LogP contribution in [0.2, 0.25) is 5.02 Å². The lowest BCUT2D eigenvalue weighted by Crippen LogP contribution is -2.46. The number of piperazine rings is 1. The molecule has 0 unspecified atom stereocenters. The Labute approximate surface area is 121 Å². The van der Waals surface area contributed by atoms with Gasteiger partial charge in [-0.1, -0.05) is 24.6 Å². The van der Waals surface area contributed by atoms with E-state index in [1.165, 1.54) is 24.2 Å². The molecule has 2 rings (SSSR count). The number of hydrogen-bond donors (Lipinski definition) is 1. The van der Waals surface area contributed by atoms with Crippen molar-refractivity contribution >= 4 is 17.3 Å². The quantitative estimate of drug-likeness (QED) is 0.895. The fraction of sp³-hybridized carbons (Fsp3) is 0.600. The first-order chi connectivity index (χ1) is 9.24. The average Bonchev–Trinajstić information content (AvgIpc) is 2.41. The van der Waals surface area contributed by atoms with Crippen LogP contribution in [0.3, 0.4) is 0 Å². The van der Waals surface area contributed by atoms with E-state index >= 15 is 0 Å². The molecule has 0 atom stereocenters. The number of benzene rings is 1. The molecule has 0 aromatic heterocycles. The van der Waals surface area contributed by atoms with Gasteiger partial charge >= 0.3 is 0 Å². The van der Waals surface area contributed by atoms with Crippen LogP contribution in [0.5, 0.6) is 0 Å². The third kappa shape index (κ3) is 3.85. The van der Waals surface area contributed by atoms with Crippen LogP contribution in [0, 0.1) is 0 Å². The fourth-order valence-electron chi connectivity index (χ4n) is 2.65. The Bertz CT molecular complexity index is 400. The van der Waals surface area contributed by atoms with Crippen molar-refractivity contribution in [2.24, 2.45) is 0 Å². The van der Waals surface area contributed by atoms with E-state index in [1.807, 2.05) is 7.05 Å². The molecule has 0 spiro atoms. The van der Waals surface area contributed by atoms with Gasteiger partial charge in [0.05, 0.1) is 10.7 Å². The highest BCUT2D eigenvalue weighted by molar-refractivity contribution is 6.33. The maximum absolute atomic E-state index is 6.41. The van der Waals surface area contributed by atoms with Crippen LogP contribution < -0.4 is 10.2 Å². The lowest BCUT2D eigenvalue weighted by atomic mass is 10.1. The molecular formula is C15H24ClN3. The van der Waals surface area contributed by atoms with E-state index in [2.05, 4.69) is 40.2 Å². The minimum absolute atomic E-state index is 0.865. The van der Waals surface area contributed by atoms with Gasteiger partial charge in [0.2, 0.25) is 0 Å². The lowest BCUT2D eigenvalue weighted by molar-refractivity contribution is 0.258. The summed E-state index contributed by atoms with van der Waals surface area (Å²) in [6, 6.07) is 6.40. The molecule has 106 valence electrons. The van der Waals surface area contributed by atoms with Crippen molar-refractivity contribution in [3.8, 4) is 0 Å². The van der Waals surface area contributed by atoms with Crippen molar-refractivity contribution in [2.75, 3.05) is 44.7 Å². The number of anilines is 1. The Morgan fingerprint density at radius 1 is 1.21 bits per heavy atom. The first-order valence-electron chi connectivity index (χ1n) is 7.15. The minimum Gasteiger partial charge on any atom is -0.368 e. The smallest absolute Gasteiger partial charge is 0.0642 e. The summed E-state index contributed by atoms with van der Waals surface area (Å²) in [5, 5.41) is 4.02. The van der Waals surface area contributed by atoms with Gasteiger partial charge in [-0.05, 0) is 37.7 Å². The van der Waals surface area contributed by atoms with Crippen LogP contribution in [-0.2, 0) is 6.54 Å². The molecule has 0 bridgehead atoms. The molecule has 1 aromatic rings. The summed E-state index contributed by atoms with van der Waals surface area (Å²) in [6.45, 7) is 8.75. The zero-order valence-corrected chi connectivity index (χ0v) is 12.7. The number of halogens is 1. The van der Waals surface area contributed by atoms with Crippen LogP contribution in [0.25, 0.3) is 0 Å². The lowest BCUT2D eigenvalue weighted by Gasteiger charge is -2.36. The van der Waals surface area contributed by atoms with Crippen LogP contribution in [0.15, 0.2) is 18.2 Å². The van der Waals surface area contributed by atoms with Gasteiger partial charge in [0.25, 0.3) is 0 Å². The van der Waals surface area contributed by atoms with Crippen LogP contribution >= 0.6 is 11.6 Å². The van der Waals surface area contributed by atoms with E-state index in [9.17, 15) is 0 Å². The van der Waals surface area contributed by atoms with E-state index in [0.717, 1.165) is 37.7 Å². The molecule has 19 heavy (non-hydrogen) atoms. The van der Waals surface area contributed by atoms with Crippen molar-refractivity contribution in [2.45, 2.75) is 19.9 Å². The minimum atomic E-state index is 0.865. The van der Waals surface area contributed by atoms with Gasteiger partial charge in [0, 0.05) is 32.7 Å². The molecule has 1 aromatic carbocycles. The summed E-state index contributed by atoms with van der Waals surface area (Å²) in [4.78, 5) is 4.93. The molecule has 4 heteroatoms. The Morgan fingerprint density at radius 3 is 2.53 bits per heavy atom. The summed E-state index contributed by atoms with van der Waals surface area (Å²) in [7, 11) is 1.95. The van der Waals surface area contributed by atoms with Crippen molar-refractivity contribution in [3.05, 3.63) is 28.8 Å². The predicted octanol–water partition coefficient (Wildman–Crippen LogP) is 2.59. The van der Waals surface area contributed by atoms with E-state index in [-0.39, 0.29) is 0 Å². The van der Waals surface area contributed by atoms with Crippen LogP contribution in [-0.4, -0.2) is 44.7 Å². The zero-order chi connectivity index (χ0) is 13.7. The molecule has 1 aliphatic heterocycles. The SMILES string of the molecule is CCCN1CCN(c2ccc(CNC)cc2Cl)CC1. The average molecular weight is 282 g/mol. The van der Waals surface area contributed by atoms with E-state index in [0.29, 0.717) is 0 Å². The third-order valence-electron chi connectivity index (χ3n) is 3.65. The molecule has 1 N–H and O–H groups in total. The normalized spacial score (nSPS) is 16.9. The Hall–Kier alpha value is -0.770.